The zero-order chi connectivity index (χ0) is 10.1. The molecule has 0 amide bonds. The highest BCUT2D eigenvalue weighted by atomic mass is 14.6. The summed E-state index contributed by atoms with van der Waals surface area (Å²) in [4.78, 5) is 0. The van der Waals surface area contributed by atoms with Gasteiger partial charge in [-0.15, -0.1) is 0 Å². The van der Waals surface area contributed by atoms with Crippen molar-refractivity contribution in [2.24, 2.45) is 5.73 Å². The average Bonchev–Trinajstić information content (AvgIpc) is 2.16. The molecule has 1 atom stereocenters. The fraction of sp³-hybridized carbons (Fsp3) is 0.538. The fourth-order valence-electron chi connectivity index (χ4n) is 2.41. The van der Waals surface area contributed by atoms with Crippen molar-refractivity contribution in [2.75, 3.05) is 0 Å². The van der Waals surface area contributed by atoms with E-state index in [0.717, 1.165) is 12.8 Å². The first-order valence-electron chi connectivity index (χ1n) is 5.54. The van der Waals surface area contributed by atoms with Crippen LogP contribution >= 0.6 is 0 Å². The Morgan fingerprint density at radius 1 is 1.36 bits per heavy atom. The van der Waals surface area contributed by atoms with Gasteiger partial charge in [-0.2, -0.15) is 0 Å². The quantitative estimate of drug-likeness (QED) is 0.722. The van der Waals surface area contributed by atoms with Gasteiger partial charge in [0.2, 0.25) is 0 Å². The molecule has 0 aliphatic heterocycles. The average molecular weight is 189 g/mol. The molecule has 0 heterocycles. The summed E-state index contributed by atoms with van der Waals surface area (Å²) in [5, 5.41) is 0. The van der Waals surface area contributed by atoms with E-state index >= 15 is 0 Å². The lowest BCUT2D eigenvalue weighted by molar-refractivity contribution is 0.570. The van der Waals surface area contributed by atoms with Crippen molar-refractivity contribution in [2.45, 2.75) is 45.1 Å². The zero-order valence-electron chi connectivity index (χ0n) is 9.09. The minimum absolute atomic E-state index is 0.380. The highest BCUT2D eigenvalue weighted by Crippen LogP contribution is 2.28. The normalized spacial score (nSPS) is 21.0. The molecule has 0 spiro atoms. The Morgan fingerprint density at radius 2 is 2.14 bits per heavy atom. The molecule has 1 aliphatic rings. The molecular formula is C13H19N. The lowest BCUT2D eigenvalue weighted by atomic mass is 9.83. The second-order valence-electron chi connectivity index (χ2n) is 4.64. The number of hydrogen-bond donors (Lipinski definition) is 1. The third-order valence-corrected chi connectivity index (χ3v) is 3.18. The van der Waals surface area contributed by atoms with Crippen LogP contribution in [-0.2, 0) is 12.8 Å². The van der Waals surface area contributed by atoms with Crippen LogP contribution in [0.4, 0.5) is 0 Å². The molecule has 1 aromatic rings. The highest BCUT2D eigenvalue weighted by molar-refractivity contribution is 5.39. The Morgan fingerprint density at radius 3 is 2.86 bits per heavy atom. The van der Waals surface area contributed by atoms with E-state index in [9.17, 15) is 0 Å². The zero-order valence-corrected chi connectivity index (χ0v) is 9.09. The lowest BCUT2D eigenvalue weighted by Crippen LogP contribution is -2.28. The smallest absolute Gasteiger partial charge is 0.00825 e. The van der Waals surface area contributed by atoms with Crippen molar-refractivity contribution in [1.29, 1.82) is 0 Å². The van der Waals surface area contributed by atoms with Gasteiger partial charge in [-0.25, -0.2) is 0 Å². The predicted octanol–water partition coefficient (Wildman–Crippen LogP) is 2.63. The van der Waals surface area contributed by atoms with Crippen LogP contribution in [0.5, 0.6) is 0 Å². The first-order chi connectivity index (χ1) is 6.68. The van der Waals surface area contributed by atoms with E-state index in [1.54, 1.807) is 5.56 Å². The van der Waals surface area contributed by atoms with E-state index in [1.165, 1.54) is 17.5 Å². The van der Waals surface area contributed by atoms with Crippen molar-refractivity contribution in [3.8, 4) is 0 Å². The predicted molar refractivity (Wildman–Crippen MR) is 60.5 cm³/mol. The first-order valence-corrected chi connectivity index (χ1v) is 5.54. The largest absolute Gasteiger partial charge is 0.327 e. The van der Waals surface area contributed by atoms with E-state index in [0.29, 0.717) is 12.0 Å². The molecule has 76 valence electrons. The van der Waals surface area contributed by atoms with Crippen molar-refractivity contribution < 1.29 is 0 Å². The number of benzene rings is 1. The second-order valence-corrected chi connectivity index (χ2v) is 4.64. The third-order valence-electron chi connectivity index (χ3n) is 3.18. The molecule has 1 aromatic carbocycles. The first kappa shape index (κ1) is 9.72. The monoisotopic (exact) mass is 189 g/mol. The summed E-state index contributed by atoms with van der Waals surface area (Å²) in [6, 6.07) is 7.05. The molecule has 0 saturated heterocycles. The Hall–Kier alpha value is -0.820. The summed E-state index contributed by atoms with van der Waals surface area (Å²) in [6.07, 6.45) is 3.39. The molecule has 1 nitrogen and oxygen atoms in total. The summed E-state index contributed by atoms with van der Waals surface area (Å²) < 4.78 is 0. The molecule has 2 rings (SSSR count). The number of rotatable bonds is 1. The molecule has 2 N–H and O–H groups in total. The van der Waals surface area contributed by atoms with Gasteiger partial charge in [-0.1, -0.05) is 32.0 Å². The van der Waals surface area contributed by atoms with Crippen LogP contribution in [0.15, 0.2) is 18.2 Å². The Labute approximate surface area is 86.3 Å². The molecule has 1 aliphatic carbocycles. The summed E-state index contributed by atoms with van der Waals surface area (Å²) in [6.45, 7) is 4.54. The standard InChI is InChI=1S/C13H19N/c1-9(2)12-5-3-4-10-8-11(14)6-7-13(10)12/h3-5,9,11H,6-8,14H2,1-2H3/t11-/m0/s1. The van der Waals surface area contributed by atoms with Gasteiger partial charge in [0.15, 0.2) is 0 Å². The molecule has 0 fully saturated rings. The molecular weight excluding hydrogens is 170 g/mol. The van der Waals surface area contributed by atoms with Crippen LogP contribution in [0.3, 0.4) is 0 Å². The van der Waals surface area contributed by atoms with Crippen molar-refractivity contribution >= 4 is 0 Å². The minimum atomic E-state index is 0.380. The molecule has 0 aromatic heterocycles. The molecule has 0 saturated carbocycles. The van der Waals surface area contributed by atoms with Gasteiger partial charge in [0, 0.05) is 6.04 Å². The van der Waals surface area contributed by atoms with Crippen molar-refractivity contribution in [1.82, 2.24) is 0 Å². The van der Waals surface area contributed by atoms with Gasteiger partial charge in [0.25, 0.3) is 0 Å². The van der Waals surface area contributed by atoms with Crippen molar-refractivity contribution in [3.05, 3.63) is 34.9 Å². The van der Waals surface area contributed by atoms with Crippen molar-refractivity contribution in [3.63, 3.8) is 0 Å². The summed E-state index contributed by atoms with van der Waals surface area (Å²) in [5.74, 6) is 0.638. The topological polar surface area (TPSA) is 26.0 Å². The summed E-state index contributed by atoms with van der Waals surface area (Å²) in [7, 11) is 0. The van der Waals surface area contributed by atoms with Crippen LogP contribution in [0.25, 0.3) is 0 Å². The van der Waals surface area contributed by atoms with E-state index in [2.05, 4.69) is 32.0 Å². The molecule has 1 heteroatoms. The van der Waals surface area contributed by atoms with Gasteiger partial charge >= 0.3 is 0 Å². The van der Waals surface area contributed by atoms with E-state index < -0.39 is 0 Å². The maximum absolute atomic E-state index is 5.98. The van der Waals surface area contributed by atoms with Gasteiger partial charge in [-0.05, 0) is 41.9 Å². The summed E-state index contributed by atoms with van der Waals surface area (Å²) >= 11 is 0. The van der Waals surface area contributed by atoms with Crippen LogP contribution in [0.2, 0.25) is 0 Å². The van der Waals surface area contributed by atoms with E-state index in [4.69, 9.17) is 5.73 Å². The highest BCUT2D eigenvalue weighted by Gasteiger charge is 2.18. The third kappa shape index (κ3) is 1.69. The SMILES string of the molecule is CC(C)c1cccc2c1CC[C@H](N)C2. The Kier molecular flexibility index (Phi) is 2.60. The van der Waals surface area contributed by atoms with Gasteiger partial charge in [0.1, 0.15) is 0 Å². The number of nitrogens with two attached hydrogens (primary N) is 1. The maximum atomic E-state index is 5.98. The molecule has 0 bridgehead atoms. The van der Waals surface area contributed by atoms with Gasteiger partial charge in [-0.3, -0.25) is 0 Å². The Balaban J connectivity index is 2.41. The molecule has 0 unspecified atom stereocenters. The molecule has 0 radical (unpaired) electrons. The molecule has 14 heavy (non-hydrogen) atoms. The minimum Gasteiger partial charge on any atom is -0.327 e. The Bertz CT molecular complexity index is 328. The van der Waals surface area contributed by atoms with E-state index in [-0.39, 0.29) is 0 Å². The van der Waals surface area contributed by atoms with Gasteiger partial charge < -0.3 is 5.73 Å². The summed E-state index contributed by atoms with van der Waals surface area (Å²) in [5.41, 5.74) is 10.6. The van der Waals surface area contributed by atoms with Crippen LogP contribution in [0.1, 0.15) is 42.9 Å². The van der Waals surface area contributed by atoms with Crippen LogP contribution in [-0.4, -0.2) is 6.04 Å². The van der Waals surface area contributed by atoms with Crippen LogP contribution < -0.4 is 5.73 Å². The maximum Gasteiger partial charge on any atom is 0.00825 e. The number of fused-ring (bicyclic) bond motifs is 1. The lowest BCUT2D eigenvalue weighted by Gasteiger charge is -2.25. The van der Waals surface area contributed by atoms with E-state index in [1.807, 2.05) is 0 Å². The van der Waals surface area contributed by atoms with Gasteiger partial charge in [0.05, 0.1) is 0 Å². The second kappa shape index (κ2) is 3.74. The fourth-order valence-corrected chi connectivity index (χ4v) is 2.41. The number of hydrogen-bond acceptors (Lipinski definition) is 1. The van der Waals surface area contributed by atoms with Crippen LogP contribution in [0, 0.1) is 0 Å².